The van der Waals surface area contributed by atoms with Gasteiger partial charge < -0.3 is 29.7 Å². The van der Waals surface area contributed by atoms with Crippen molar-refractivity contribution in [1.29, 1.82) is 0 Å². The van der Waals surface area contributed by atoms with Crippen LogP contribution in [0, 0.1) is 0 Å². The molecule has 0 radical (unpaired) electrons. The van der Waals surface area contributed by atoms with Crippen molar-refractivity contribution >= 4 is 23.9 Å². The lowest BCUT2D eigenvalue weighted by molar-refractivity contribution is -0.155. The highest BCUT2D eigenvalue weighted by Gasteiger charge is 2.34. The zero-order valence-electron chi connectivity index (χ0n) is 24.0. The molecule has 0 bridgehead atoms. The summed E-state index contributed by atoms with van der Waals surface area (Å²) in [5.41, 5.74) is 1.75. The van der Waals surface area contributed by atoms with Gasteiger partial charge in [0.15, 0.2) is 11.4 Å². The molecule has 0 spiro atoms. The van der Waals surface area contributed by atoms with Crippen LogP contribution in [0.15, 0.2) is 36.4 Å². The number of nitrogens with one attached hydrogen (secondary N) is 1. The number of nitrogens with zero attached hydrogens (tertiary/aromatic N) is 3. The van der Waals surface area contributed by atoms with Gasteiger partial charge in [-0.1, -0.05) is 30.3 Å². The number of ether oxygens (including phenoxy) is 2. The predicted octanol–water partition coefficient (Wildman–Crippen LogP) is 3.68. The second kappa shape index (κ2) is 12.6. The molecule has 11 heteroatoms. The lowest BCUT2D eigenvalue weighted by Crippen LogP contribution is -2.55. The minimum absolute atomic E-state index is 0.00874. The van der Waals surface area contributed by atoms with Gasteiger partial charge in [-0.3, -0.25) is 14.4 Å². The van der Waals surface area contributed by atoms with Crippen LogP contribution in [-0.2, 0) is 14.3 Å². The number of pyridine rings is 1. The van der Waals surface area contributed by atoms with Crippen LogP contribution in [0.4, 0.5) is 4.79 Å². The number of benzene rings is 1. The topological polar surface area (TPSA) is 138 Å². The van der Waals surface area contributed by atoms with E-state index in [9.17, 15) is 24.3 Å². The summed E-state index contributed by atoms with van der Waals surface area (Å²) in [6.45, 7) is 5.95. The second-order valence-electron chi connectivity index (χ2n) is 11.4. The van der Waals surface area contributed by atoms with Crippen LogP contribution >= 0.6 is 0 Å². The van der Waals surface area contributed by atoms with E-state index in [1.54, 1.807) is 20.8 Å². The Morgan fingerprint density at radius 2 is 1.68 bits per heavy atom. The molecule has 2 N–H and O–H groups in total. The number of amides is 3. The first kappa shape index (κ1) is 29.8. The van der Waals surface area contributed by atoms with Gasteiger partial charge in [0.2, 0.25) is 5.91 Å². The summed E-state index contributed by atoms with van der Waals surface area (Å²) < 4.78 is 11.1. The molecule has 2 fully saturated rings. The Morgan fingerprint density at radius 3 is 2.24 bits per heavy atom. The van der Waals surface area contributed by atoms with Crippen LogP contribution in [-0.4, -0.2) is 88.7 Å². The average Bonchev–Trinajstić information content (AvgIpc) is 3.79. The van der Waals surface area contributed by atoms with Gasteiger partial charge in [-0.25, -0.2) is 9.78 Å². The van der Waals surface area contributed by atoms with E-state index < -0.39 is 35.5 Å². The van der Waals surface area contributed by atoms with Crippen molar-refractivity contribution in [2.24, 2.45) is 0 Å². The fourth-order valence-electron chi connectivity index (χ4n) is 4.85. The lowest BCUT2D eigenvalue weighted by atomic mass is 10.0. The molecule has 1 atom stereocenters. The maximum absolute atomic E-state index is 13.8. The van der Waals surface area contributed by atoms with Crippen LogP contribution in [0.2, 0.25) is 0 Å². The monoisotopic (exact) mass is 566 g/mol. The Labute approximate surface area is 239 Å². The fraction of sp³-hybridized carbons (Fsp3) is 0.500. The quantitative estimate of drug-likeness (QED) is 0.439. The standard InChI is InChI=1S/C30H38N4O7/c1-30(2,3)41-24(35)13-12-22(28(37)33-14-16-34(17-15-33)29(38)39)32-27(36)25-26(40-4)21(19-10-11-19)18-23(31-25)20-8-6-5-7-9-20/h5-9,18-19,22H,10-17H2,1-4H3,(H,32,36)(H,38,39)/t22-/m0/s1. The summed E-state index contributed by atoms with van der Waals surface area (Å²) in [4.78, 5) is 58.6. The SMILES string of the molecule is COc1c(C2CC2)cc(-c2ccccc2)nc1C(=O)N[C@@H](CCC(=O)OC(C)(C)C)C(=O)N1CCN(C(=O)O)CC1. The minimum atomic E-state index is -1.05. The average molecular weight is 567 g/mol. The molecule has 2 heterocycles. The molecule has 220 valence electrons. The van der Waals surface area contributed by atoms with E-state index in [-0.39, 0.29) is 50.6 Å². The Balaban J connectivity index is 1.61. The smallest absolute Gasteiger partial charge is 0.407 e. The van der Waals surface area contributed by atoms with E-state index in [0.29, 0.717) is 11.4 Å². The molecule has 2 aliphatic rings. The highest BCUT2D eigenvalue weighted by molar-refractivity contribution is 5.99. The van der Waals surface area contributed by atoms with Gasteiger partial charge in [0.25, 0.3) is 5.91 Å². The van der Waals surface area contributed by atoms with Crippen LogP contribution in [0.25, 0.3) is 11.3 Å². The van der Waals surface area contributed by atoms with Crippen molar-refractivity contribution in [3.63, 3.8) is 0 Å². The maximum Gasteiger partial charge on any atom is 0.407 e. The molecular formula is C30H38N4O7. The second-order valence-corrected chi connectivity index (χ2v) is 11.4. The van der Waals surface area contributed by atoms with Crippen LogP contribution in [0.1, 0.15) is 68.4 Å². The number of hydrogen-bond acceptors (Lipinski definition) is 7. The van der Waals surface area contributed by atoms with Crippen LogP contribution in [0.5, 0.6) is 5.75 Å². The Kier molecular flexibility index (Phi) is 9.14. The van der Waals surface area contributed by atoms with Gasteiger partial charge in [0.1, 0.15) is 11.6 Å². The Bertz CT molecular complexity index is 1280. The number of hydrogen-bond donors (Lipinski definition) is 2. The predicted molar refractivity (Wildman–Crippen MR) is 151 cm³/mol. The molecule has 4 rings (SSSR count). The highest BCUT2D eigenvalue weighted by atomic mass is 16.6. The largest absolute Gasteiger partial charge is 0.494 e. The van der Waals surface area contributed by atoms with Crippen molar-refractivity contribution in [3.05, 3.63) is 47.7 Å². The summed E-state index contributed by atoms with van der Waals surface area (Å²) in [6.07, 6.45) is 0.832. The van der Waals surface area contributed by atoms with Gasteiger partial charge in [-0.2, -0.15) is 0 Å². The van der Waals surface area contributed by atoms with E-state index in [4.69, 9.17) is 9.47 Å². The molecule has 41 heavy (non-hydrogen) atoms. The molecule has 3 amide bonds. The van der Waals surface area contributed by atoms with E-state index in [1.807, 2.05) is 36.4 Å². The normalized spacial score (nSPS) is 16.1. The van der Waals surface area contributed by atoms with Gasteiger partial charge in [-0.15, -0.1) is 0 Å². The first-order chi connectivity index (χ1) is 19.5. The molecule has 1 aromatic heterocycles. The third-order valence-electron chi connectivity index (χ3n) is 7.03. The van der Waals surface area contributed by atoms with E-state index in [2.05, 4.69) is 10.3 Å². The third kappa shape index (κ3) is 7.74. The first-order valence-corrected chi connectivity index (χ1v) is 13.9. The summed E-state index contributed by atoms with van der Waals surface area (Å²) in [7, 11) is 1.49. The van der Waals surface area contributed by atoms with Crippen molar-refractivity contribution in [3.8, 4) is 17.0 Å². The van der Waals surface area contributed by atoms with Gasteiger partial charge in [-0.05, 0) is 52.0 Å². The zero-order valence-corrected chi connectivity index (χ0v) is 24.0. The Morgan fingerprint density at radius 1 is 1.05 bits per heavy atom. The molecule has 1 saturated heterocycles. The van der Waals surface area contributed by atoms with Crippen LogP contribution in [0.3, 0.4) is 0 Å². The number of carbonyl (C=O) groups excluding carboxylic acids is 3. The molecular weight excluding hydrogens is 528 g/mol. The summed E-state index contributed by atoms with van der Waals surface area (Å²) in [5.74, 6) is -0.839. The van der Waals surface area contributed by atoms with Gasteiger partial charge >= 0.3 is 12.1 Å². The molecule has 1 aliphatic heterocycles. The number of aromatic nitrogens is 1. The van der Waals surface area contributed by atoms with Crippen molar-refractivity contribution in [1.82, 2.24) is 20.1 Å². The molecule has 2 aromatic rings. The number of rotatable bonds is 9. The number of piperazine rings is 1. The van der Waals surface area contributed by atoms with Crippen LogP contribution < -0.4 is 10.1 Å². The lowest BCUT2D eigenvalue weighted by Gasteiger charge is -2.35. The van der Waals surface area contributed by atoms with Gasteiger partial charge in [0.05, 0.1) is 12.8 Å². The number of carboxylic acid groups (broad SMARTS) is 1. The maximum atomic E-state index is 13.8. The Hall–Kier alpha value is -4.15. The summed E-state index contributed by atoms with van der Waals surface area (Å²) in [6, 6.07) is 10.4. The van der Waals surface area contributed by atoms with Crippen molar-refractivity contribution in [2.45, 2.75) is 64.0 Å². The highest BCUT2D eigenvalue weighted by Crippen LogP contribution is 2.46. The van der Waals surface area contributed by atoms with Crippen molar-refractivity contribution in [2.75, 3.05) is 33.3 Å². The minimum Gasteiger partial charge on any atom is -0.494 e. The van der Waals surface area contributed by atoms with E-state index in [1.165, 1.54) is 16.9 Å². The fourth-order valence-corrected chi connectivity index (χ4v) is 4.85. The third-order valence-corrected chi connectivity index (χ3v) is 7.03. The van der Waals surface area contributed by atoms with Crippen molar-refractivity contribution < 1.29 is 33.8 Å². The molecule has 1 aromatic carbocycles. The first-order valence-electron chi connectivity index (χ1n) is 13.9. The zero-order chi connectivity index (χ0) is 29.7. The number of methoxy groups -OCH3 is 1. The molecule has 1 aliphatic carbocycles. The van der Waals surface area contributed by atoms with E-state index >= 15 is 0 Å². The molecule has 1 saturated carbocycles. The molecule has 0 unspecified atom stereocenters. The van der Waals surface area contributed by atoms with Gasteiger partial charge in [0, 0.05) is 43.7 Å². The summed E-state index contributed by atoms with van der Waals surface area (Å²) in [5, 5.41) is 12.1. The van der Waals surface area contributed by atoms with E-state index in [0.717, 1.165) is 24.0 Å². The summed E-state index contributed by atoms with van der Waals surface area (Å²) >= 11 is 0. The number of esters is 1. The molecule has 11 nitrogen and oxygen atoms in total. The number of carbonyl (C=O) groups is 4.